The van der Waals surface area contributed by atoms with Crippen LogP contribution in [0.25, 0.3) is 0 Å². The van der Waals surface area contributed by atoms with E-state index in [-0.39, 0.29) is 11.9 Å². The van der Waals surface area contributed by atoms with E-state index in [1.54, 1.807) is 0 Å². The van der Waals surface area contributed by atoms with Gasteiger partial charge in [0.05, 0.1) is 0 Å². The molecule has 2 unspecified atom stereocenters. The third-order valence-electron chi connectivity index (χ3n) is 3.95. The molecule has 2 rings (SSSR count). The van der Waals surface area contributed by atoms with Crippen molar-refractivity contribution in [1.82, 2.24) is 10.2 Å². The van der Waals surface area contributed by atoms with Crippen molar-refractivity contribution in [2.75, 3.05) is 20.1 Å². The van der Waals surface area contributed by atoms with Gasteiger partial charge >= 0.3 is 0 Å². The molecule has 0 aliphatic carbocycles. The summed E-state index contributed by atoms with van der Waals surface area (Å²) < 4.78 is 12.9. The number of benzene rings is 1. The number of likely N-dealkylation sites (N-methyl/N-ethyl adjacent to an activating group) is 1. The molecule has 1 N–H and O–H groups in total. The van der Waals surface area contributed by atoms with Crippen LogP contribution >= 0.6 is 0 Å². The zero-order chi connectivity index (χ0) is 13.0. The van der Waals surface area contributed by atoms with Crippen molar-refractivity contribution in [3.05, 3.63) is 35.6 Å². The van der Waals surface area contributed by atoms with E-state index in [4.69, 9.17) is 0 Å². The first-order valence-electron chi connectivity index (χ1n) is 6.86. The quantitative estimate of drug-likeness (QED) is 0.884. The molecule has 0 spiro atoms. The monoisotopic (exact) mass is 250 g/mol. The number of hydrogen-bond acceptors (Lipinski definition) is 2. The molecule has 0 bridgehead atoms. The number of hydrogen-bond donors (Lipinski definition) is 1. The third-order valence-corrected chi connectivity index (χ3v) is 3.95. The van der Waals surface area contributed by atoms with Crippen LogP contribution < -0.4 is 5.32 Å². The first-order valence-corrected chi connectivity index (χ1v) is 6.86. The fourth-order valence-corrected chi connectivity index (χ4v) is 2.58. The van der Waals surface area contributed by atoms with Crippen LogP contribution in [0.15, 0.2) is 24.3 Å². The Bertz CT molecular complexity index is 363. The summed E-state index contributed by atoms with van der Waals surface area (Å²) >= 11 is 0. The van der Waals surface area contributed by atoms with E-state index in [0.29, 0.717) is 6.04 Å². The third kappa shape index (κ3) is 3.53. The Balaban J connectivity index is 1.83. The lowest BCUT2D eigenvalue weighted by Gasteiger charge is -2.33. The molecule has 2 nitrogen and oxygen atoms in total. The second-order valence-corrected chi connectivity index (χ2v) is 5.31. The topological polar surface area (TPSA) is 15.3 Å². The number of piperidine rings is 1. The SMILES string of the molecule is CC(NCC1CCCCN1C)c1ccc(F)cc1. The second kappa shape index (κ2) is 6.30. The minimum absolute atomic E-state index is 0.169. The molecule has 1 aliphatic rings. The van der Waals surface area contributed by atoms with Crippen LogP contribution in [-0.4, -0.2) is 31.1 Å². The molecule has 1 fully saturated rings. The summed E-state index contributed by atoms with van der Waals surface area (Å²) in [5, 5.41) is 3.55. The largest absolute Gasteiger partial charge is 0.309 e. The van der Waals surface area contributed by atoms with Crippen molar-refractivity contribution in [1.29, 1.82) is 0 Å². The summed E-state index contributed by atoms with van der Waals surface area (Å²) in [6, 6.07) is 7.69. The predicted molar refractivity (Wildman–Crippen MR) is 73.1 cm³/mol. The van der Waals surface area contributed by atoms with Crippen LogP contribution in [0.2, 0.25) is 0 Å². The Morgan fingerprint density at radius 3 is 2.72 bits per heavy atom. The predicted octanol–water partition coefficient (Wildman–Crippen LogP) is 2.96. The Hall–Kier alpha value is -0.930. The van der Waals surface area contributed by atoms with Crippen molar-refractivity contribution in [3.8, 4) is 0 Å². The lowest BCUT2D eigenvalue weighted by molar-refractivity contribution is 0.178. The number of nitrogens with one attached hydrogen (secondary N) is 1. The van der Waals surface area contributed by atoms with Crippen molar-refractivity contribution in [2.45, 2.75) is 38.3 Å². The summed E-state index contributed by atoms with van der Waals surface area (Å²) in [7, 11) is 2.20. The average molecular weight is 250 g/mol. The van der Waals surface area contributed by atoms with Crippen LogP contribution in [0.4, 0.5) is 4.39 Å². The van der Waals surface area contributed by atoms with Gasteiger partial charge in [-0.2, -0.15) is 0 Å². The maximum absolute atomic E-state index is 12.9. The van der Waals surface area contributed by atoms with Gasteiger partial charge in [-0.15, -0.1) is 0 Å². The highest BCUT2D eigenvalue weighted by Crippen LogP contribution is 2.17. The van der Waals surface area contributed by atoms with Gasteiger partial charge in [0.25, 0.3) is 0 Å². The Morgan fingerprint density at radius 1 is 1.33 bits per heavy atom. The van der Waals surface area contributed by atoms with Crippen LogP contribution in [0.5, 0.6) is 0 Å². The average Bonchev–Trinajstić information content (AvgIpc) is 2.38. The number of likely N-dealkylation sites (tertiary alicyclic amines) is 1. The highest BCUT2D eigenvalue weighted by atomic mass is 19.1. The maximum Gasteiger partial charge on any atom is 0.123 e. The molecule has 1 aromatic rings. The zero-order valence-corrected chi connectivity index (χ0v) is 11.3. The molecule has 100 valence electrons. The first kappa shape index (κ1) is 13.5. The van der Waals surface area contributed by atoms with Crippen molar-refractivity contribution in [3.63, 3.8) is 0 Å². The van der Waals surface area contributed by atoms with Gasteiger partial charge in [-0.1, -0.05) is 18.6 Å². The van der Waals surface area contributed by atoms with Crippen molar-refractivity contribution >= 4 is 0 Å². The summed E-state index contributed by atoms with van der Waals surface area (Å²) in [5.41, 5.74) is 1.15. The molecule has 0 aromatic heterocycles. The Labute approximate surface area is 109 Å². The van der Waals surface area contributed by atoms with Gasteiger partial charge in [0.1, 0.15) is 5.82 Å². The van der Waals surface area contributed by atoms with E-state index in [1.807, 2.05) is 12.1 Å². The van der Waals surface area contributed by atoms with E-state index in [0.717, 1.165) is 12.1 Å². The summed E-state index contributed by atoms with van der Waals surface area (Å²) in [4.78, 5) is 2.44. The minimum atomic E-state index is -0.169. The minimum Gasteiger partial charge on any atom is -0.309 e. The molecule has 3 heteroatoms. The molecule has 2 atom stereocenters. The fourth-order valence-electron chi connectivity index (χ4n) is 2.58. The van der Waals surface area contributed by atoms with Crippen LogP contribution in [-0.2, 0) is 0 Å². The van der Waals surface area contributed by atoms with E-state index in [9.17, 15) is 4.39 Å². The molecule has 18 heavy (non-hydrogen) atoms. The fraction of sp³-hybridized carbons (Fsp3) is 0.600. The molecule has 0 amide bonds. The maximum atomic E-state index is 12.9. The van der Waals surface area contributed by atoms with Gasteiger partial charge in [0, 0.05) is 18.6 Å². The second-order valence-electron chi connectivity index (χ2n) is 5.31. The number of rotatable bonds is 4. The standard InChI is InChI=1S/C15H23FN2/c1-12(13-6-8-14(16)9-7-13)17-11-15-5-3-4-10-18(15)2/h6-9,12,15,17H,3-5,10-11H2,1-2H3. The van der Waals surface area contributed by atoms with E-state index in [1.165, 1.54) is 37.9 Å². The van der Waals surface area contributed by atoms with Gasteiger partial charge in [-0.05, 0) is 51.1 Å². The van der Waals surface area contributed by atoms with Gasteiger partial charge < -0.3 is 10.2 Å². The summed E-state index contributed by atoms with van der Waals surface area (Å²) in [6.07, 6.45) is 3.93. The zero-order valence-electron chi connectivity index (χ0n) is 11.3. The first-order chi connectivity index (χ1) is 8.66. The van der Waals surface area contributed by atoms with Gasteiger partial charge in [0.2, 0.25) is 0 Å². The van der Waals surface area contributed by atoms with Crippen LogP contribution in [0, 0.1) is 5.82 Å². The summed E-state index contributed by atoms with van der Waals surface area (Å²) in [6.45, 7) is 4.35. The molecular formula is C15H23FN2. The summed E-state index contributed by atoms with van der Waals surface area (Å²) in [5.74, 6) is -0.169. The van der Waals surface area contributed by atoms with Crippen LogP contribution in [0.1, 0.15) is 37.8 Å². The number of nitrogens with zero attached hydrogens (tertiary/aromatic N) is 1. The molecule has 1 aromatic carbocycles. The normalized spacial score (nSPS) is 22.9. The molecule has 0 saturated carbocycles. The van der Waals surface area contributed by atoms with E-state index >= 15 is 0 Å². The molecule has 0 radical (unpaired) electrons. The highest BCUT2D eigenvalue weighted by molar-refractivity contribution is 5.19. The lowest BCUT2D eigenvalue weighted by Crippen LogP contribution is -2.43. The lowest BCUT2D eigenvalue weighted by atomic mass is 10.0. The Kier molecular flexibility index (Phi) is 4.72. The molecule has 1 aliphatic heterocycles. The van der Waals surface area contributed by atoms with Gasteiger partial charge in [-0.25, -0.2) is 4.39 Å². The Morgan fingerprint density at radius 2 is 2.06 bits per heavy atom. The highest BCUT2D eigenvalue weighted by Gasteiger charge is 2.19. The van der Waals surface area contributed by atoms with Gasteiger partial charge in [0.15, 0.2) is 0 Å². The van der Waals surface area contributed by atoms with Gasteiger partial charge in [-0.3, -0.25) is 0 Å². The molecule has 1 saturated heterocycles. The van der Waals surface area contributed by atoms with Crippen molar-refractivity contribution < 1.29 is 4.39 Å². The van der Waals surface area contributed by atoms with E-state index < -0.39 is 0 Å². The smallest absolute Gasteiger partial charge is 0.123 e. The van der Waals surface area contributed by atoms with Crippen molar-refractivity contribution in [2.24, 2.45) is 0 Å². The molecular weight excluding hydrogens is 227 g/mol. The molecule has 1 heterocycles. The van der Waals surface area contributed by atoms with Crippen LogP contribution in [0.3, 0.4) is 0 Å². The number of halogens is 1. The van der Waals surface area contributed by atoms with E-state index in [2.05, 4.69) is 24.2 Å².